The zero-order valence-corrected chi connectivity index (χ0v) is 12.6. The van der Waals surface area contributed by atoms with Crippen LogP contribution in [0.1, 0.15) is 37.8 Å². The summed E-state index contributed by atoms with van der Waals surface area (Å²) in [4.78, 5) is 33.3. The average molecular weight is 312 g/mol. The van der Waals surface area contributed by atoms with E-state index in [1.807, 2.05) is 12.1 Å². The first-order valence-electron chi connectivity index (χ1n) is 7.24. The summed E-state index contributed by atoms with van der Waals surface area (Å²) in [5.41, 5.74) is 1.21. The molecule has 1 aromatic heterocycles. The highest BCUT2D eigenvalue weighted by atomic mass is 16.1. The standard InChI is InChI=1S/C20H12N2O2/c1-2-14-13-21-20(19(24)16-11-7-4-8-12-16)22-17(14)18(23)15-9-5-3-6-10-15/h1,3-13H. The fraction of sp³-hybridized carbons (Fsp3) is 0. The Bertz CT molecular complexity index is 942. The molecular formula is C20H12N2O2. The number of nitrogens with zero attached hydrogens (tertiary/aromatic N) is 2. The third-order valence-corrected chi connectivity index (χ3v) is 3.43. The van der Waals surface area contributed by atoms with Crippen molar-refractivity contribution in [3.8, 4) is 12.3 Å². The molecule has 24 heavy (non-hydrogen) atoms. The molecule has 0 bridgehead atoms. The summed E-state index contributed by atoms with van der Waals surface area (Å²) in [6, 6.07) is 17.3. The maximum atomic E-state index is 12.6. The number of carbonyl (C=O) groups excluding carboxylic acids is 2. The van der Waals surface area contributed by atoms with Crippen LogP contribution in [0.4, 0.5) is 0 Å². The lowest BCUT2D eigenvalue weighted by Gasteiger charge is -2.06. The number of hydrogen-bond donors (Lipinski definition) is 0. The molecule has 0 unspecified atom stereocenters. The van der Waals surface area contributed by atoms with Gasteiger partial charge in [-0.15, -0.1) is 6.42 Å². The summed E-state index contributed by atoms with van der Waals surface area (Å²) in [5.74, 6) is 1.64. The predicted octanol–water partition coefficient (Wildman–Crippen LogP) is 2.92. The van der Waals surface area contributed by atoms with Crippen molar-refractivity contribution in [1.82, 2.24) is 9.97 Å². The van der Waals surface area contributed by atoms with Crippen molar-refractivity contribution in [2.75, 3.05) is 0 Å². The molecular weight excluding hydrogens is 300 g/mol. The number of hydrogen-bond acceptors (Lipinski definition) is 4. The number of terminal acetylenes is 1. The second kappa shape index (κ2) is 6.67. The van der Waals surface area contributed by atoms with E-state index in [4.69, 9.17) is 6.42 Å². The van der Waals surface area contributed by atoms with Gasteiger partial charge < -0.3 is 0 Å². The molecule has 3 aromatic rings. The Kier molecular flexibility index (Phi) is 4.26. The largest absolute Gasteiger partial charge is 0.287 e. The van der Waals surface area contributed by atoms with E-state index in [2.05, 4.69) is 15.9 Å². The molecule has 0 aliphatic carbocycles. The van der Waals surface area contributed by atoms with Crippen molar-refractivity contribution in [2.24, 2.45) is 0 Å². The van der Waals surface area contributed by atoms with Gasteiger partial charge in [0, 0.05) is 17.3 Å². The van der Waals surface area contributed by atoms with Crippen LogP contribution < -0.4 is 0 Å². The minimum atomic E-state index is -0.360. The van der Waals surface area contributed by atoms with Gasteiger partial charge >= 0.3 is 0 Å². The molecule has 0 fully saturated rings. The van der Waals surface area contributed by atoms with Crippen LogP contribution in [0.5, 0.6) is 0 Å². The van der Waals surface area contributed by atoms with Gasteiger partial charge in [-0.3, -0.25) is 9.59 Å². The minimum Gasteiger partial charge on any atom is -0.287 e. The van der Waals surface area contributed by atoms with Crippen molar-refractivity contribution >= 4 is 11.6 Å². The Balaban J connectivity index is 2.05. The van der Waals surface area contributed by atoms with Gasteiger partial charge in [0.05, 0.1) is 5.56 Å². The molecule has 0 amide bonds. The summed E-state index contributed by atoms with van der Waals surface area (Å²) in [6.07, 6.45) is 6.77. The Morgan fingerprint density at radius 3 is 1.92 bits per heavy atom. The minimum absolute atomic E-state index is 0.0537. The van der Waals surface area contributed by atoms with E-state index >= 15 is 0 Å². The molecule has 0 atom stereocenters. The smallest absolute Gasteiger partial charge is 0.230 e. The first kappa shape index (κ1) is 15.3. The van der Waals surface area contributed by atoms with Crippen molar-refractivity contribution < 1.29 is 9.59 Å². The molecule has 0 saturated heterocycles. The number of benzene rings is 2. The Morgan fingerprint density at radius 1 is 0.833 bits per heavy atom. The number of rotatable bonds is 4. The fourth-order valence-corrected chi connectivity index (χ4v) is 2.21. The molecule has 0 radical (unpaired) electrons. The first-order valence-corrected chi connectivity index (χ1v) is 7.24. The molecule has 114 valence electrons. The highest BCUT2D eigenvalue weighted by Gasteiger charge is 2.19. The zero-order valence-electron chi connectivity index (χ0n) is 12.6. The van der Waals surface area contributed by atoms with E-state index in [0.717, 1.165) is 0 Å². The quantitative estimate of drug-likeness (QED) is 0.549. The van der Waals surface area contributed by atoms with Gasteiger partial charge in [0.15, 0.2) is 0 Å². The topological polar surface area (TPSA) is 59.9 Å². The number of ketones is 2. The maximum absolute atomic E-state index is 12.6. The third kappa shape index (κ3) is 2.96. The lowest BCUT2D eigenvalue weighted by atomic mass is 10.0. The normalized spacial score (nSPS) is 9.96. The van der Waals surface area contributed by atoms with E-state index < -0.39 is 0 Å². The van der Waals surface area contributed by atoms with E-state index in [-0.39, 0.29) is 28.6 Å². The second-order valence-corrected chi connectivity index (χ2v) is 4.99. The maximum Gasteiger partial charge on any atom is 0.230 e. The van der Waals surface area contributed by atoms with Crippen molar-refractivity contribution in [3.63, 3.8) is 0 Å². The lowest BCUT2D eigenvalue weighted by Crippen LogP contribution is -2.14. The van der Waals surface area contributed by atoms with Crippen LogP contribution in [0.3, 0.4) is 0 Å². The molecule has 0 saturated carbocycles. The van der Waals surface area contributed by atoms with E-state index in [0.29, 0.717) is 11.1 Å². The van der Waals surface area contributed by atoms with Gasteiger partial charge in [0.1, 0.15) is 5.69 Å². The highest BCUT2D eigenvalue weighted by Crippen LogP contribution is 2.13. The molecule has 4 nitrogen and oxygen atoms in total. The summed E-state index contributed by atoms with van der Waals surface area (Å²) >= 11 is 0. The molecule has 4 heteroatoms. The summed E-state index contributed by atoms with van der Waals surface area (Å²) < 4.78 is 0. The summed E-state index contributed by atoms with van der Waals surface area (Å²) in [5, 5.41) is 0. The van der Waals surface area contributed by atoms with Crippen LogP contribution in [0.25, 0.3) is 0 Å². The molecule has 3 rings (SSSR count). The monoisotopic (exact) mass is 312 g/mol. The average Bonchev–Trinajstić information content (AvgIpc) is 2.67. The van der Waals surface area contributed by atoms with Crippen molar-refractivity contribution in [1.29, 1.82) is 0 Å². The molecule has 1 heterocycles. The van der Waals surface area contributed by atoms with Crippen LogP contribution in [0, 0.1) is 12.3 Å². The van der Waals surface area contributed by atoms with Crippen molar-refractivity contribution in [2.45, 2.75) is 0 Å². The lowest BCUT2D eigenvalue weighted by molar-refractivity contribution is 0.102. The highest BCUT2D eigenvalue weighted by molar-refractivity contribution is 6.11. The van der Waals surface area contributed by atoms with E-state index in [1.165, 1.54) is 6.20 Å². The number of carbonyl (C=O) groups is 2. The van der Waals surface area contributed by atoms with Crippen LogP contribution in [0.2, 0.25) is 0 Å². The van der Waals surface area contributed by atoms with Crippen LogP contribution in [-0.4, -0.2) is 21.5 Å². The van der Waals surface area contributed by atoms with Crippen LogP contribution >= 0.6 is 0 Å². The SMILES string of the molecule is C#Cc1cnc(C(=O)c2ccccc2)nc1C(=O)c1ccccc1. The Morgan fingerprint density at radius 2 is 1.38 bits per heavy atom. The first-order chi connectivity index (χ1) is 11.7. The predicted molar refractivity (Wildman–Crippen MR) is 89.7 cm³/mol. The third-order valence-electron chi connectivity index (χ3n) is 3.43. The van der Waals surface area contributed by atoms with E-state index in [1.54, 1.807) is 48.5 Å². The Labute approximate surface area is 139 Å². The van der Waals surface area contributed by atoms with Crippen LogP contribution in [-0.2, 0) is 0 Å². The summed E-state index contributed by atoms with van der Waals surface area (Å²) in [6.45, 7) is 0. The molecule has 0 spiro atoms. The van der Waals surface area contributed by atoms with Gasteiger partial charge in [0.25, 0.3) is 0 Å². The van der Waals surface area contributed by atoms with Gasteiger partial charge in [-0.25, -0.2) is 9.97 Å². The van der Waals surface area contributed by atoms with Gasteiger partial charge in [0.2, 0.25) is 17.4 Å². The van der Waals surface area contributed by atoms with Gasteiger partial charge in [-0.05, 0) is 0 Å². The number of aromatic nitrogens is 2. The van der Waals surface area contributed by atoms with Gasteiger partial charge in [-0.2, -0.15) is 0 Å². The fourth-order valence-electron chi connectivity index (χ4n) is 2.21. The zero-order chi connectivity index (χ0) is 16.9. The summed E-state index contributed by atoms with van der Waals surface area (Å²) in [7, 11) is 0. The van der Waals surface area contributed by atoms with Crippen LogP contribution in [0.15, 0.2) is 66.9 Å². The molecule has 2 aromatic carbocycles. The molecule has 0 aliphatic rings. The Hall–Kier alpha value is -3.58. The molecule has 0 aliphatic heterocycles. The van der Waals surface area contributed by atoms with E-state index in [9.17, 15) is 9.59 Å². The van der Waals surface area contributed by atoms with Gasteiger partial charge in [-0.1, -0.05) is 66.6 Å². The second-order valence-electron chi connectivity index (χ2n) is 4.99. The van der Waals surface area contributed by atoms with Crippen molar-refractivity contribution in [3.05, 3.63) is 95.1 Å². The molecule has 0 N–H and O–H groups in total.